The fourth-order valence-corrected chi connectivity index (χ4v) is 2.37. The monoisotopic (exact) mass is 299 g/mol. The first-order chi connectivity index (χ1) is 7.91. The van der Waals surface area contributed by atoms with E-state index in [4.69, 9.17) is 34.8 Å². The quantitative estimate of drug-likeness (QED) is 0.441. The minimum absolute atomic E-state index is 0.105. The van der Waals surface area contributed by atoms with Gasteiger partial charge in [0.2, 0.25) is 5.91 Å². The molecule has 1 aliphatic heterocycles. The van der Waals surface area contributed by atoms with Crippen molar-refractivity contribution in [3.8, 4) is 0 Å². The summed E-state index contributed by atoms with van der Waals surface area (Å²) < 4.78 is 26.9. The Kier molecular flexibility index (Phi) is 3.48. The molecule has 0 spiro atoms. The van der Waals surface area contributed by atoms with Gasteiger partial charge < -0.3 is 4.90 Å². The van der Waals surface area contributed by atoms with Gasteiger partial charge in [0.1, 0.15) is 5.02 Å². The van der Waals surface area contributed by atoms with Crippen LogP contribution in [0.1, 0.15) is 6.42 Å². The van der Waals surface area contributed by atoms with Gasteiger partial charge in [-0.3, -0.25) is 4.79 Å². The summed E-state index contributed by atoms with van der Waals surface area (Å²) in [6, 6.07) is 1.03. The standard InChI is InChI=1S/C10H6Cl3F2NO/c11-4-1-7(17)16(3-4)6-2-5(12)9(14)8(13)10(6)15/h2,4H,1,3H2. The van der Waals surface area contributed by atoms with Crippen LogP contribution in [0, 0.1) is 11.6 Å². The molecule has 1 fully saturated rings. The average molecular weight is 301 g/mol. The van der Waals surface area contributed by atoms with Gasteiger partial charge >= 0.3 is 0 Å². The van der Waals surface area contributed by atoms with Gasteiger partial charge in [0.05, 0.1) is 16.1 Å². The van der Waals surface area contributed by atoms with Crippen LogP contribution >= 0.6 is 34.8 Å². The molecule has 1 aromatic rings. The zero-order valence-electron chi connectivity index (χ0n) is 8.31. The maximum absolute atomic E-state index is 13.7. The number of anilines is 1. The molecule has 0 bridgehead atoms. The van der Waals surface area contributed by atoms with Crippen molar-refractivity contribution >= 4 is 46.4 Å². The summed E-state index contributed by atoms with van der Waals surface area (Å²) in [7, 11) is 0. The summed E-state index contributed by atoms with van der Waals surface area (Å²) in [6.07, 6.45) is 0.105. The van der Waals surface area contributed by atoms with E-state index >= 15 is 0 Å². The molecule has 2 rings (SSSR count). The van der Waals surface area contributed by atoms with E-state index < -0.39 is 22.0 Å². The van der Waals surface area contributed by atoms with Crippen molar-refractivity contribution in [3.63, 3.8) is 0 Å². The van der Waals surface area contributed by atoms with E-state index in [1.54, 1.807) is 0 Å². The largest absolute Gasteiger partial charge is 0.308 e. The number of rotatable bonds is 1. The number of halogens is 5. The summed E-state index contributed by atoms with van der Waals surface area (Å²) in [5.74, 6) is -2.39. The van der Waals surface area contributed by atoms with Crippen molar-refractivity contribution in [1.82, 2.24) is 0 Å². The maximum Gasteiger partial charge on any atom is 0.228 e. The summed E-state index contributed by atoms with van der Waals surface area (Å²) in [4.78, 5) is 12.7. The Balaban J connectivity index is 2.50. The second kappa shape index (κ2) is 4.59. The smallest absolute Gasteiger partial charge is 0.228 e. The average Bonchev–Trinajstić information content (AvgIpc) is 2.60. The lowest BCUT2D eigenvalue weighted by Crippen LogP contribution is -2.25. The fraction of sp³-hybridized carbons (Fsp3) is 0.300. The van der Waals surface area contributed by atoms with Crippen molar-refractivity contribution in [2.45, 2.75) is 11.8 Å². The van der Waals surface area contributed by atoms with E-state index in [2.05, 4.69) is 0 Å². The van der Waals surface area contributed by atoms with Crippen LogP contribution < -0.4 is 4.90 Å². The number of benzene rings is 1. The number of alkyl halides is 1. The van der Waals surface area contributed by atoms with Crippen LogP contribution in [-0.4, -0.2) is 17.8 Å². The van der Waals surface area contributed by atoms with Crippen molar-refractivity contribution < 1.29 is 13.6 Å². The number of hydrogen-bond acceptors (Lipinski definition) is 1. The maximum atomic E-state index is 13.7. The van der Waals surface area contributed by atoms with Crippen LogP contribution in [0.4, 0.5) is 14.5 Å². The van der Waals surface area contributed by atoms with Crippen LogP contribution in [0.2, 0.25) is 10.0 Å². The molecule has 0 aliphatic carbocycles. The van der Waals surface area contributed by atoms with Gasteiger partial charge in [-0.1, -0.05) is 23.2 Å². The molecule has 0 radical (unpaired) electrons. The molecular weight excluding hydrogens is 294 g/mol. The molecule has 0 aromatic heterocycles. The van der Waals surface area contributed by atoms with E-state index in [1.807, 2.05) is 0 Å². The first-order valence-corrected chi connectivity index (χ1v) is 5.88. The first kappa shape index (κ1) is 12.9. The minimum Gasteiger partial charge on any atom is -0.308 e. The van der Waals surface area contributed by atoms with E-state index in [-0.39, 0.29) is 29.6 Å². The van der Waals surface area contributed by atoms with Crippen LogP contribution in [0.3, 0.4) is 0 Å². The predicted octanol–water partition coefficient (Wildman–Crippen LogP) is 3.62. The number of carbonyl (C=O) groups excluding carboxylic acids is 1. The van der Waals surface area contributed by atoms with Crippen LogP contribution in [0.15, 0.2) is 6.07 Å². The highest BCUT2D eigenvalue weighted by atomic mass is 35.5. The molecule has 0 saturated carbocycles. The van der Waals surface area contributed by atoms with E-state index in [0.29, 0.717) is 0 Å². The van der Waals surface area contributed by atoms with Gasteiger partial charge in [-0.25, -0.2) is 8.78 Å². The number of carbonyl (C=O) groups is 1. The van der Waals surface area contributed by atoms with E-state index in [1.165, 1.54) is 0 Å². The highest BCUT2D eigenvalue weighted by Gasteiger charge is 2.32. The normalized spacial score (nSPS) is 20.2. The van der Waals surface area contributed by atoms with Gasteiger partial charge in [0, 0.05) is 13.0 Å². The SMILES string of the molecule is O=C1CC(Cl)CN1c1cc(Cl)c(F)c(Cl)c1F. The summed E-state index contributed by atoms with van der Waals surface area (Å²) in [5.41, 5.74) is -0.144. The molecule has 1 heterocycles. The summed E-state index contributed by atoms with van der Waals surface area (Å²) in [6.45, 7) is 0.148. The lowest BCUT2D eigenvalue weighted by molar-refractivity contribution is -0.117. The molecule has 1 atom stereocenters. The number of nitrogens with zero attached hydrogens (tertiary/aromatic N) is 1. The first-order valence-electron chi connectivity index (χ1n) is 4.69. The van der Waals surface area contributed by atoms with Crippen molar-refractivity contribution in [3.05, 3.63) is 27.7 Å². The van der Waals surface area contributed by atoms with Crippen LogP contribution in [0.5, 0.6) is 0 Å². The van der Waals surface area contributed by atoms with Gasteiger partial charge in [-0.2, -0.15) is 0 Å². The number of hydrogen-bond donors (Lipinski definition) is 0. The molecule has 7 heteroatoms. The molecule has 1 aromatic carbocycles. The van der Waals surface area contributed by atoms with Crippen molar-refractivity contribution in [2.24, 2.45) is 0 Å². The Morgan fingerprint density at radius 3 is 2.47 bits per heavy atom. The van der Waals surface area contributed by atoms with Gasteiger partial charge in [0.15, 0.2) is 11.6 Å². The van der Waals surface area contributed by atoms with Gasteiger partial charge in [-0.05, 0) is 6.07 Å². The Hall–Kier alpha value is -0.580. The van der Waals surface area contributed by atoms with Crippen molar-refractivity contribution in [2.75, 3.05) is 11.4 Å². The van der Waals surface area contributed by atoms with E-state index in [9.17, 15) is 13.6 Å². The third-order valence-corrected chi connectivity index (χ3v) is 3.35. The van der Waals surface area contributed by atoms with Crippen molar-refractivity contribution in [1.29, 1.82) is 0 Å². The third kappa shape index (κ3) is 2.21. The second-order valence-electron chi connectivity index (χ2n) is 3.63. The molecule has 1 amide bonds. The zero-order valence-corrected chi connectivity index (χ0v) is 10.6. The van der Waals surface area contributed by atoms with Crippen LogP contribution in [-0.2, 0) is 4.79 Å². The Morgan fingerprint density at radius 1 is 1.29 bits per heavy atom. The molecule has 1 aliphatic rings. The molecule has 0 N–H and O–H groups in total. The molecule has 17 heavy (non-hydrogen) atoms. The zero-order chi connectivity index (χ0) is 12.7. The molecule has 1 unspecified atom stereocenters. The highest BCUT2D eigenvalue weighted by molar-refractivity contribution is 6.35. The topological polar surface area (TPSA) is 20.3 Å². The third-order valence-electron chi connectivity index (χ3n) is 2.45. The lowest BCUT2D eigenvalue weighted by atomic mass is 10.2. The highest BCUT2D eigenvalue weighted by Crippen LogP contribution is 2.35. The predicted molar refractivity (Wildman–Crippen MR) is 63.0 cm³/mol. The fourth-order valence-electron chi connectivity index (χ4n) is 1.65. The summed E-state index contributed by atoms with van der Waals surface area (Å²) >= 11 is 16.8. The van der Waals surface area contributed by atoms with Gasteiger partial charge in [-0.15, -0.1) is 11.6 Å². The number of amides is 1. The molecular formula is C10H6Cl3F2NO. The van der Waals surface area contributed by atoms with Crippen LogP contribution in [0.25, 0.3) is 0 Å². The van der Waals surface area contributed by atoms with E-state index in [0.717, 1.165) is 11.0 Å². The Morgan fingerprint density at radius 2 is 1.94 bits per heavy atom. The van der Waals surface area contributed by atoms with Gasteiger partial charge in [0.25, 0.3) is 0 Å². The molecule has 92 valence electrons. The lowest BCUT2D eigenvalue weighted by Gasteiger charge is -2.18. The molecule has 2 nitrogen and oxygen atoms in total. The Bertz CT molecular complexity index is 495. The second-order valence-corrected chi connectivity index (χ2v) is 5.03. The molecule has 1 saturated heterocycles. The Labute approximate surface area is 111 Å². The minimum atomic E-state index is -1.04. The summed E-state index contributed by atoms with van der Waals surface area (Å²) in [5, 5.41) is -1.46.